The molecule has 1 saturated heterocycles. The lowest BCUT2D eigenvalue weighted by Gasteiger charge is -2.35. The minimum atomic E-state index is -0.446. The first kappa shape index (κ1) is 21.1. The molecule has 2 fully saturated rings. The van der Waals surface area contributed by atoms with Crippen LogP contribution in [0, 0.1) is 0 Å². The molecule has 1 atom stereocenters. The van der Waals surface area contributed by atoms with Crippen molar-refractivity contribution in [1.82, 2.24) is 19.4 Å². The fourth-order valence-corrected chi connectivity index (χ4v) is 5.58. The van der Waals surface area contributed by atoms with Gasteiger partial charge in [-0.25, -0.2) is 9.97 Å². The Balaban J connectivity index is 1.15. The summed E-state index contributed by atoms with van der Waals surface area (Å²) >= 11 is 0. The van der Waals surface area contributed by atoms with Crippen LogP contribution in [-0.2, 0) is 9.59 Å². The Morgan fingerprint density at radius 1 is 1.18 bits per heavy atom. The molecular formula is C26H29N5O3. The molecule has 8 nitrogen and oxygen atoms in total. The lowest BCUT2D eigenvalue weighted by molar-refractivity contribution is -0.134. The van der Waals surface area contributed by atoms with E-state index in [0.29, 0.717) is 30.8 Å². The number of hydrogen-bond acceptors (Lipinski definition) is 5. The smallest absolute Gasteiger partial charge is 0.232 e. The van der Waals surface area contributed by atoms with Crippen LogP contribution in [0.25, 0.3) is 11.2 Å². The van der Waals surface area contributed by atoms with Crippen molar-refractivity contribution in [3.05, 3.63) is 47.9 Å². The zero-order chi connectivity index (χ0) is 23.2. The van der Waals surface area contributed by atoms with Gasteiger partial charge in [0.2, 0.25) is 11.8 Å². The van der Waals surface area contributed by atoms with Gasteiger partial charge in [0.05, 0.1) is 13.0 Å². The predicted octanol–water partition coefficient (Wildman–Crippen LogP) is 4.00. The van der Waals surface area contributed by atoms with E-state index in [1.54, 1.807) is 7.11 Å². The minimum Gasteiger partial charge on any atom is -0.497 e. The van der Waals surface area contributed by atoms with Gasteiger partial charge in [-0.1, -0.05) is 12.5 Å². The Labute approximate surface area is 198 Å². The number of hydrogen-bond donors (Lipinski definition) is 1. The van der Waals surface area contributed by atoms with Crippen LogP contribution in [0.4, 0.5) is 5.69 Å². The van der Waals surface area contributed by atoms with E-state index in [2.05, 4.69) is 14.9 Å². The summed E-state index contributed by atoms with van der Waals surface area (Å²) in [7, 11) is 1.60. The van der Waals surface area contributed by atoms with Crippen molar-refractivity contribution < 1.29 is 14.3 Å². The van der Waals surface area contributed by atoms with Gasteiger partial charge in [0, 0.05) is 49.4 Å². The summed E-state index contributed by atoms with van der Waals surface area (Å²) in [5, 5.41) is 2.89. The van der Waals surface area contributed by atoms with Gasteiger partial charge >= 0.3 is 0 Å². The molecule has 6 rings (SSSR count). The molecule has 8 heteroatoms. The first-order chi connectivity index (χ1) is 16.6. The van der Waals surface area contributed by atoms with Crippen LogP contribution in [0.3, 0.4) is 0 Å². The van der Waals surface area contributed by atoms with E-state index in [-0.39, 0.29) is 18.2 Å². The molecule has 4 heterocycles. The number of ether oxygens (including phenoxy) is 1. The van der Waals surface area contributed by atoms with Gasteiger partial charge < -0.3 is 19.5 Å². The molecule has 2 aromatic heterocycles. The monoisotopic (exact) mass is 459 g/mol. The normalized spacial score (nSPS) is 20.8. The van der Waals surface area contributed by atoms with E-state index >= 15 is 0 Å². The fraction of sp³-hybridized carbons (Fsp3) is 0.462. The highest BCUT2D eigenvalue weighted by atomic mass is 16.5. The molecular weight excluding hydrogens is 430 g/mol. The van der Waals surface area contributed by atoms with Crippen molar-refractivity contribution in [2.24, 2.45) is 0 Å². The largest absolute Gasteiger partial charge is 0.497 e. The number of carbonyl (C=O) groups excluding carboxylic acids is 2. The lowest BCUT2D eigenvalue weighted by Crippen LogP contribution is -2.40. The summed E-state index contributed by atoms with van der Waals surface area (Å²) in [5.74, 6) is 1.85. The Morgan fingerprint density at radius 2 is 2.00 bits per heavy atom. The molecule has 1 saturated carbocycles. The number of amides is 2. The van der Waals surface area contributed by atoms with Gasteiger partial charge in [-0.05, 0) is 49.4 Å². The average Bonchev–Trinajstić information content (AvgIpc) is 3.34. The van der Waals surface area contributed by atoms with Gasteiger partial charge in [0.25, 0.3) is 0 Å². The Hall–Kier alpha value is -3.42. The molecule has 0 radical (unpaired) electrons. The Bertz CT molecular complexity index is 1260. The van der Waals surface area contributed by atoms with Gasteiger partial charge in [-0.3, -0.25) is 9.59 Å². The number of anilines is 1. The van der Waals surface area contributed by atoms with Crippen LogP contribution in [0.5, 0.6) is 5.75 Å². The van der Waals surface area contributed by atoms with E-state index < -0.39 is 5.92 Å². The standard InChI is InChI=1S/C26H29N5O3/c1-34-18-7-8-19-20(26(33)29-22(19)14-18)15-23(32)30-12-9-17(10-13-30)31-24(16-4-2-5-16)28-21-6-3-11-27-25(21)31/h3,6-8,11,14,16-17,20H,2,4-5,9-10,12-13,15H2,1H3,(H,29,33). The zero-order valence-corrected chi connectivity index (χ0v) is 19.4. The summed E-state index contributed by atoms with van der Waals surface area (Å²) < 4.78 is 7.61. The van der Waals surface area contributed by atoms with E-state index in [1.165, 1.54) is 25.1 Å². The third-order valence-corrected chi connectivity index (χ3v) is 7.72. The second kappa shape index (κ2) is 8.42. The number of benzene rings is 1. The summed E-state index contributed by atoms with van der Waals surface area (Å²) in [4.78, 5) is 37.2. The third-order valence-electron chi connectivity index (χ3n) is 7.72. The van der Waals surface area contributed by atoms with E-state index in [9.17, 15) is 9.59 Å². The SMILES string of the molecule is COc1ccc2c(c1)NC(=O)C2CC(=O)N1CCC(n2c(C3CCC3)nc3cccnc32)CC1. The van der Waals surface area contributed by atoms with Gasteiger partial charge in [-0.15, -0.1) is 0 Å². The molecule has 0 bridgehead atoms. The number of rotatable bonds is 5. The molecule has 1 N–H and O–H groups in total. The summed E-state index contributed by atoms with van der Waals surface area (Å²) in [6.45, 7) is 1.37. The fourth-order valence-electron chi connectivity index (χ4n) is 5.58. The molecule has 34 heavy (non-hydrogen) atoms. The number of methoxy groups -OCH3 is 1. The number of likely N-dealkylation sites (tertiary alicyclic amines) is 1. The molecule has 1 unspecified atom stereocenters. The Morgan fingerprint density at radius 3 is 2.74 bits per heavy atom. The van der Waals surface area contributed by atoms with Crippen molar-refractivity contribution in [2.75, 3.05) is 25.5 Å². The van der Waals surface area contributed by atoms with E-state index in [1.807, 2.05) is 41.4 Å². The number of fused-ring (bicyclic) bond motifs is 2. The summed E-state index contributed by atoms with van der Waals surface area (Å²) in [6.07, 6.45) is 7.42. The molecule has 1 aliphatic carbocycles. The van der Waals surface area contributed by atoms with Crippen molar-refractivity contribution in [3.8, 4) is 5.75 Å². The minimum absolute atomic E-state index is 0.0371. The molecule has 1 aromatic carbocycles. The number of aromatic nitrogens is 3. The van der Waals surface area contributed by atoms with Crippen LogP contribution in [0.15, 0.2) is 36.5 Å². The van der Waals surface area contributed by atoms with Crippen molar-refractivity contribution in [3.63, 3.8) is 0 Å². The molecule has 3 aliphatic rings. The number of nitrogens with zero attached hydrogens (tertiary/aromatic N) is 4. The predicted molar refractivity (Wildman–Crippen MR) is 128 cm³/mol. The number of piperidine rings is 1. The average molecular weight is 460 g/mol. The van der Waals surface area contributed by atoms with Gasteiger partial charge in [0.15, 0.2) is 5.65 Å². The topological polar surface area (TPSA) is 89.4 Å². The quantitative estimate of drug-likeness (QED) is 0.623. The number of carbonyl (C=O) groups is 2. The molecule has 2 amide bonds. The van der Waals surface area contributed by atoms with Crippen molar-refractivity contribution in [2.45, 2.75) is 56.4 Å². The van der Waals surface area contributed by atoms with Crippen LogP contribution in [0.2, 0.25) is 0 Å². The summed E-state index contributed by atoms with van der Waals surface area (Å²) in [6, 6.07) is 9.81. The highest BCUT2D eigenvalue weighted by molar-refractivity contribution is 6.05. The molecule has 2 aliphatic heterocycles. The Kier molecular flexibility index (Phi) is 5.23. The van der Waals surface area contributed by atoms with Crippen LogP contribution < -0.4 is 10.1 Å². The molecule has 176 valence electrons. The maximum Gasteiger partial charge on any atom is 0.232 e. The van der Waals surface area contributed by atoms with Gasteiger partial charge in [0.1, 0.15) is 17.1 Å². The number of pyridine rings is 1. The van der Waals surface area contributed by atoms with Crippen LogP contribution >= 0.6 is 0 Å². The first-order valence-electron chi connectivity index (χ1n) is 12.2. The highest BCUT2D eigenvalue weighted by Gasteiger charge is 2.36. The van der Waals surface area contributed by atoms with Crippen molar-refractivity contribution >= 4 is 28.7 Å². The summed E-state index contributed by atoms with van der Waals surface area (Å²) in [5.41, 5.74) is 3.54. The molecule has 0 spiro atoms. The van der Waals surface area contributed by atoms with E-state index in [0.717, 1.165) is 35.3 Å². The van der Waals surface area contributed by atoms with Crippen LogP contribution in [-0.4, -0.2) is 51.4 Å². The number of imidazole rings is 1. The maximum absolute atomic E-state index is 13.2. The molecule has 3 aromatic rings. The lowest BCUT2D eigenvalue weighted by atomic mass is 9.84. The number of nitrogens with one attached hydrogen (secondary N) is 1. The van der Waals surface area contributed by atoms with E-state index in [4.69, 9.17) is 9.72 Å². The first-order valence-corrected chi connectivity index (χ1v) is 12.2. The zero-order valence-electron chi connectivity index (χ0n) is 19.4. The second-order valence-corrected chi connectivity index (χ2v) is 9.63. The van der Waals surface area contributed by atoms with Gasteiger partial charge in [-0.2, -0.15) is 0 Å². The third kappa shape index (κ3) is 3.52. The maximum atomic E-state index is 13.2. The van der Waals surface area contributed by atoms with Crippen molar-refractivity contribution in [1.29, 1.82) is 0 Å². The second-order valence-electron chi connectivity index (χ2n) is 9.63. The van der Waals surface area contributed by atoms with Crippen LogP contribution in [0.1, 0.15) is 67.8 Å². The highest BCUT2D eigenvalue weighted by Crippen LogP contribution is 2.40.